The summed E-state index contributed by atoms with van der Waals surface area (Å²) in [6.07, 6.45) is 4.34. The highest BCUT2D eigenvalue weighted by Crippen LogP contribution is 2.22. The second-order valence-electron chi connectivity index (χ2n) is 7.76. The molecule has 30 heavy (non-hydrogen) atoms. The van der Waals surface area contributed by atoms with Gasteiger partial charge in [-0.1, -0.05) is 73.0 Å². The van der Waals surface area contributed by atoms with Gasteiger partial charge in [0.1, 0.15) is 6.04 Å². The van der Waals surface area contributed by atoms with Gasteiger partial charge < -0.3 is 10.2 Å². The van der Waals surface area contributed by atoms with E-state index in [1.165, 1.54) is 5.56 Å². The third-order valence-electron chi connectivity index (χ3n) is 5.50. The van der Waals surface area contributed by atoms with Crippen molar-refractivity contribution in [2.45, 2.75) is 57.0 Å². The molecule has 4 nitrogen and oxygen atoms in total. The maximum Gasteiger partial charge on any atom is 0.242 e. The third-order valence-corrected chi connectivity index (χ3v) is 6.86. The van der Waals surface area contributed by atoms with Crippen LogP contribution in [0.2, 0.25) is 5.02 Å². The van der Waals surface area contributed by atoms with E-state index >= 15 is 0 Å². The summed E-state index contributed by atoms with van der Waals surface area (Å²) in [6.45, 7) is 2.13. The van der Waals surface area contributed by atoms with E-state index in [0.717, 1.165) is 37.0 Å². The fourth-order valence-electron chi connectivity index (χ4n) is 3.70. The van der Waals surface area contributed by atoms with Gasteiger partial charge in [-0.25, -0.2) is 0 Å². The van der Waals surface area contributed by atoms with Crippen LogP contribution in [0.1, 0.15) is 43.7 Å². The van der Waals surface area contributed by atoms with Crippen LogP contribution in [0.25, 0.3) is 0 Å². The predicted octanol–water partition coefficient (Wildman–Crippen LogP) is 5.05. The van der Waals surface area contributed by atoms with Crippen LogP contribution >= 0.6 is 23.4 Å². The topological polar surface area (TPSA) is 49.4 Å². The molecule has 3 rings (SSSR count). The van der Waals surface area contributed by atoms with Crippen LogP contribution in [0, 0.1) is 0 Å². The Morgan fingerprint density at radius 3 is 2.47 bits per heavy atom. The number of benzene rings is 2. The summed E-state index contributed by atoms with van der Waals surface area (Å²) in [5.41, 5.74) is 2.03. The Bertz CT molecular complexity index is 840. The quantitative estimate of drug-likeness (QED) is 0.588. The Balaban J connectivity index is 1.66. The lowest BCUT2D eigenvalue weighted by Crippen LogP contribution is -2.50. The lowest BCUT2D eigenvalue weighted by molar-refractivity contribution is -0.138. The number of amides is 2. The number of rotatable bonds is 9. The zero-order valence-electron chi connectivity index (χ0n) is 17.4. The van der Waals surface area contributed by atoms with E-state index < -0.39 is 6.04 Å². The smallest absolute Gasteiger partial charge is 0.242 e. The van der Waals surface area contributed by atoms with Gasteiger partial charge in [-0.3, -0.25) is 9.59 Å². The lowest BCUT2D eigenvalue weighted by Gasteiger charge is -2.30. The Morgan fingerprint density at radius 2 is 1.77 bits per heavy atom. The fraction of sp³-hybridized carbons (Fsp3) is 0.417. The van der Waals surface area contributed by atoms with Gasteiger partial charge in [0.2, 0.25) is 11.8 Å². The molecule has 0 bridgehead atoms. The second-order valence-corrected chi connectivity index (χ2v) is 9.15. The number of nitrogens with zero attached hydrogens (tertiary/aromatic N) is 1. The molecule has 160 valence electrons. The SMILES string of the molecule is CC(C(=O)NC1CCCC1)N(Cc1ccccc1Cl)C(=O)CSCc1ccccc1. The van der Waals surface area contributed by atoms with Crippen molar-refractivity contribution in [1.82, 2.24) is 10.2 Å². The van der Waals surface area contributed by atoms with Crippen LogP contribution in [0.5, 0.6) is 0 Å². The number of nitrogens with one attached hydrogen (secondary N) is 1. The molecule has 1 saturated carbocycles. The first-order valence-corrected chi connectivity index (χ1v) is 12.0. The molecule has 1 fully saturated rings. The standard InChI is InChI=1S/C24H29ClN2O2S/c1-18(24(29)26-21-12-6-7-13-21)27(15-20-11-5-8-14-22(20)25)23(28)17-30-16-19-9-3-2-4-10-19/h2-5,8-11,14,18,21H,6-7,12-13,15-17H2,1H3,(H,26,29). The van der Waals surface area contributed by atoms with Crippen molar-refractivity contribution in [2.75, 3.05) is 5.75 Å². The predicted molar refractivity (Wildman–Crippen MR) is 124 cm³/mol. The monoisotopic (exact) mass is 444 g/mol. The highest BCUT2D eigenvalue weighted by atomic mass is 35.5. The number of carbonyl (C=O) groups excluding carboxylic acids is 2. The normalized spacial score (nSPS) is 15.0. The molecule has 0 heterocycles. The van der Waals surface area contributed by atoms with Gasteiger partial charge in [-0.15, -0.1) is 11.8 Å². The minimum Gasteiger partial charge on any atom is -0.352 e. The number of carbonyl (C=O) groups is 2. The number of halogens is 1. The van der Waals surface area contributed by atoms with Crippen molar-refractivity contribution in [3.8, 4) is 0 Å². The molecule has 1 aliphatic carbocycles. The average molecular weight is 445 g/mol. The summed E-state index contributed by atoms with van der Waals surface area (Å²) in [7, 11) is 0. The molecule has 0 aliphatic heterocycles. The van der Waals surface area contributed by atoms with E-state index in [4.69, 9.17) is 11.6 Å². The highest BCUT2D eigenvalue weighted by Gasteiger charge is 2.28. The van der Waals surface area contributed by atoms with Crippen molar-refractivity contribution >= 4 is 35.2 Å². The van der Waals surface area contributed by atoms with E-state index in [0.29, 0.717) is 17.3 Å². The first-order chi connectivity index (χ1) is 14.5. The summed E-state index contributed by atoms with van der Waals surface area (Å²) in [5.74, 6) is 0.940. The minimum absolute atomic E-state index is 0.0510. The van der Waals surface area contributed by atoms with Crippen LogP contribution in [0.15, 0.2) is 54.6 Å². The summed E-state index contributed by atoms with van der Waals surface area (Å²) in [6, 6.07) is 17.2. The zero-order valence-corrected chi connectivity index (χ0v) is 18.9. The molecule has 0 aromatic heterocycles. The van der Waals surface area contributed by atoms with Crippen LogP contribution in [0.3, 0.4) is 0 Å². The van der Waals surface area contributed by atoms with Crippen LogP contribution in [-0.4, -0.2) is 34.6 Å². The molecule has 1 N–H and O–H groups in total. The van der Waals surface area contributed by atoms with Crippen molar-refractivity contribution in [2.24, 2.45) is 0 Å². The Labute approximate surface area is 188 Å². The summed E-state index contributed by atoms with van der Waals surface area (Å²) < 4.78 is 0. The maximum absolute atomic E-state index is 13.1. The van der Waals surface area contributed by atoms with E-state index in [1.54, 1.807) is 23.6 Å². The molecule has 6 heteroatoms. The molecule has 2 aromatic carbocycles. The van der Waals surface area contributed by atoms with Gasteiger partial charge in [0.15, 0.2) is 0 Å². The van der Waals surface area contributed by atoms with Crippen LogP contribution in [-0.2, 0) is 21.9 Å². The molecule has 2 aromatic rings. The summed E-state index contributed by atoms with van der Waals surface area (Å²) in [5, 5.41) is 3.73. The molecular formula is C24H29ClN2O2S. The first-order valence-electron chi connectivity index (χ1n) is 10.5. The molecule has 1 unspecified atom stereocenters. The number of hydrogen-bond acceptors (Lipinski definition) is 3. The Morgan fingerprint density at radius 1 is 1.10 bits per heavy atom. The zero-order chi connectivity index (χ0) is 21.3. The van der Waals surface area contributed by atoms with E-state index in [2.05, 4.69) is 17.4 Å². The molecule has 1 aliphatic rings. The Hall–Kier alpha value is -1.98. The van der Waals surface area contributed by atoms with Crippen LogP contribution in [0.4, 0.5) is 0 Å². The van der Waals surface area contributed by atoms with Gasteiger partial charge in [0.05, 0.1) is 5.75 Å². The molecule has 0 radical (unpaired) electrons. The van der Waals surface area contributed by atoms with Crippen LogP contribution < -0.4 is 5.32 Å². The summed E-state index contributed by atoms with van der Waals surface area (Å²) in [4.78, 5) is 27.6. The second kappa shape index (κ2) is 11.4. The molecule has 0 spiro atoms. The van der Waals surface area contributed by atoms with E-state index in [-0.39, 0.29) is 17.9 Å². The van der Waals surface area contributed by atoms with Gasteiger partial charge >= 0.3 is 0 Å². The molecule has 1 atom stereocenters. The first kappa shape index (κ1) is 22.7. The van der Waals surface area contributed by atoms with Gasteiger partial charge in [-0.05, 0) is 37.0 Å². The molecular weight excluding hydrogens is 416 g/mol. The number of thioether (sulfide) groups is 1. The molecule has 2 amide bonds. The van der Waals surface area contributed by atoms with Crippen molar-refractivity contribution in [1.29, 1.82) is 0 Å². The van der Waals surface area contributed by atoms with E-state index in [1.807, 2.05) is 42.5 Å². The lowest BCUT2D eigenvalue weighted by atomic mass is 10.1. The third kappa shape index (κ3) is 6.51. The van der Waals surface area contributed by atoms with Gasteiger partial charge in [0.25, 0.3) is 0 Å². The highest BCUT2D eigenvalue weighted by molar-refractivity contribution is 7.99. The number of hydrogen-bond donors (Lipinski definition) is 1. The van der Waals surface area contributed by atoms with Crippen molar-refractivity contribution in [3.05, 3.63) is 70.7 Å². The molecule has 0 saturated heterocycles. The van der Waals surface area contributed by atoms with Crippen molar-refractivity contribution in [3.63, 3.8) is 0 Å². The van der Waals surface area contributed by atoms with Crippen molar-refractivity contribution < 1.29 is 9.59 Å². The average Bonchev–Trinajstić information content (AvgIpc) is 3.26. The van der Waals surface area contributed by atoms with E-state index in [9.17, 15) is 9.59 Å². The van der Waals surface area contributed by atoms with Gasteiger partial charge in [-0.2, -0.15) is 0 Å². The minimum atomic E-state index is -0.549. The Kier molecular flexibility index (Phi) is 8.64. The van der Waals surface area contributed by atoms with Gasteiger partial charge in [0, 0.05) is 23.4 Å². The fourth-order valence-corrected chi connectivity index (χ4v) is 4.76. The maximum atomic E-state index is 13.1. The largest absolute Gasteiger partial charge is 0.352 e. The summed E-state index contributed by atoms with van der Waals surface area (Å²) >= 11 is 7.90.